The number of pyridine rings is 1. The molecular weight excluding hydrogens is 556 g/mol. The van der Waals surface area contributed by atoms with E-state index >= 15 is 0 Å². The van der Waals surface area contributed by atoms with Gasteiger partial charge in [-0.05, 0) is 55.5 Å². The van der Waals surface area contributed by atoms with Crippen LogP contribution in [0.25, 0.3) is 0 Å². The normalized spacial score (nSPS) is 23.4. The fraction of sp³-hybridized carbons (Fsp3) is 0.485. The average molecular weight is 599 g/mol. The second kappa shape index (κ2) is 12.9. The summed E-state index contributed by atoms with van der Waals surface area (Å²) in [6, 6.07) is 11.4. The van der Waals surface area contributed by atoms with Crippen LogP contribution in [0.15, 0.2) is 53.7 Å². The molecule has 232 valence electrons. The van der Waals surface area contributed by atoms with Crippen molar-refractivity contribution in [2.24, 2.45) is 7.05 Å². The van der Waals surface area contributed by atoms with Gasteiger partial charge in [0.25, 0.3) is 5.56 Å². The number of hydrogen-bond donors (Lipinski definition) is 2. The first-order chi connectivity index (χ1) is 21.2. The summed E-state index contributed by atoms with van der Waals surface area (Å²) in [6.07, 6.45) is 7.27. The number of anilines is 2. The maximum atomic E-state index is 12.3. The standard InChI is InChI=1S/C33H42N8O3/c1-22-30(18-35-39(3)33(22)44)36-27-14-26(20-38(2)21-27)24-6-4-23(5-7-24)19-40-10-12-41(13-11-40)28-15-25(16-34-17-28)29-8-9-31(42)37-32(29)43/h4-7,15-18,26-27,29,36H,8-14,19-21H2,1-3H3,(H,37,42,43). The van der Waals surface area contributed by atoms with Crippen LogP contribution in [0.1, 0.15) is 53.4 Å². The van der Waals surface area contributed by atoms with E-state index < -0.39 is 0 Å². The summed E-state index contributed by atoms with van der Waals surface area (Å²) in [4.78, 5) is 47.8. The molecule has 0 radical (unpaired) electrons. The first kappa shape index (κ1) is 30.0. The minimum Gasteiger partial charge on any atom is -0.379 e. The van der Waals surface area contributed by atoms with E-state index in [9.17, 15) is 14.4 Å². The van der Waals surface area contributed by atoms with Gasteiger partial charge in [-0.1, -0.05) is 24.3 Å². The Morgan fingerprint density at radius 1 is 0.955 bits per heavy atom. The van der Waals surface area contributed by atoms with Crippen LogP contribution in [0, 0.1) is 6.92 Å². The zero-order valence-corrected chi connectivity index (χ0v) is 25.8. The molecule has 0 spiro atoms. The number of nitrogens with one attached hydrogen (secondary N) is 2. The summed E-state index contributed by atoms with van der Waals surface area (Å²) >= 11 is 0. The number of imide groups is 1. The fourth-order valence-corrected chi connectivity index (χ4v) is 6.82. The van der Waals surface area contributed by atoms with Gasteiger partial charge in [0, 0.05) is 77.1 Å². The lowest BCUT2D eigenvalue weighted by molar-refractivity contribution is -0.134. The van der Waals surface area contributed by atoms with Gasteiger partial charge in [0.05, 0.1) is 29.7 Å². The molecular formula is C33H42N8O3. The largest absolute Gasteiger partial charge is 0.379 e. The van der Waals surface area contributed by atoms with E-state index in [4.69, 9.17) is 0 Å². The minimum atomic E-state index is -0.318. The molecule has 3 fully saturated rings. The van der Waals surface area contributed by atoms with Crippen molar-refractivity contribution in [1.82, 2.24) is 29.9 Å². The van der Waals surface area contributed by atoms with E-state index in [0.717, 1.165) is 69.2 Å². The number of amides is 2. The van der Waals surface area contributed by atoms with Crippen LogP contribution in [0.5, 0.6) is 0 Å². The summed E-state index contributed by atoms with van der Waals surface area (Å²) in [5.74, 6) is -0.332. The first-order valence-electron chi connectivity index (χ1n) is 15.6. The quantitative estimate of drug-likeness (QED) is 0.395. The lowest BCUT2D eigenvalue weighted by Gasteiger charge is -2.37. The van der Waals surface area contributed by atoms with E-state index in [-0.39, 0.29) is 29.3 Å². The van der Waals surface area contributed by atoms with Gasteiger partial charge in [0.1, 0.15) is 0 Å². The van der Waals surface area contributed by atoms with E-state index in [0.29, 0.717) is 24.3 Å². The minimum absolute atomic E-state index is 0.0660. The Morgan fingerprint density at radius 3 is 2.48 bits per heavy atom. The number of likely N-dealkylation sites (N-methyl/N-ethyl adjacent to an activating group) is 1. The molecule has 0 saturated carbocycles. The van der Waals surface area contributed by atoms with Gasteiger partial charge in [-0.2, -0.15) is 5.10 Å². The van der Waals surface area contributed by atoms with Gasteiger partial charge in [0.15, 0.2) is 0 Å². The molecule has 5 heterocycles. The van der Waals surface area contributed by atoms with Crippen molar-refractivity contribution in [3.8, 4) is 0 Å². The number of aromatic nitrogens is 3. The van der Waals surface area contributed by atoms with Crippen molar-refractivity contribution in [2.75, 3.05) is 56.5 Å². The number of aryl methyl sites for hydroxylation is 1. The average Bonchev–Trinajstić information content (AvgIpc) is 3.02. The first-order valence-corrected chi connectivity index (χ1v) is 15.6. The molecule has 3 unspecified atom stereocenters. The maximum Gasteiger partial charge on any atom is 0.271 e. The second-order valence-electron chi connectivity index (χ2n) is 12.6. The third kappa shape index (κ3) is 6.68. The van der Waals surface area contributed by atoms with Gasteiger partial charge in [0.2, 0.25) is 11.8 Å². The smallest absolute Gasteiger partial charge is 0.271 e. The number of rotatable bonds is 7. The van der Waals surface area contributed by atoms with Gasteiger partial charge < -0.3 is 15.1 Å². The zero-order chi connectivity index (χ0) is 30.8. The Morgan fingerprint density at radius 2 is 1.73 bits per heavy atom. The molecule has 3 saturated heterocycles. The molecule has 6 rings (SSSR count). The number of carbonyl (C=O) groups excluding carboxylic acids is 2. The fourth-order valence-electron chi connectivity index (χ4n) is 6.82. The zero-order valence-electron chi connectivity index (χ0n) is 25.8. The number of piperidine rings is 2. The van der Waals surface area contributed by atoms with E-state index in [1.165, 1.54) is 15.8 Å². The highest BCUT2D eigenvalue weighted by molar-refractivity contribution is 6.01. The summed E-state index contributed by atoms with van der Waals surface area (Å²) in [7, 11) is 3.84. The summed E-state index contributed by atoms with van der Waals surface area (Å²) in [5, 5.41) is 10.2. The van der Waals surface area contributed by atoms with Crippen LogP contribution in [-0.2, 0) is 23.2 Å². The van der Waals surface area contributed by atoms with Crippen LogP contribution in [-0.4, -0.2) is 88.7 Å². The van der Waals surface area contributed by atoms with Crippen LogP contribution in [0.4, 0.5) is 11.4 Å². The number of nitrogens with zero attached hydrogens (tertiary/aromatic N) is 6. The molecule has 3 aliphatic rings. The lowest BCUT2D eigenvalue weighted by Crippen LogP contribution is -2.46. The summed E-state index contributed by atoms with van der Waals surface area (Å²) in [5.41, 5.74) is 6.02. The number of hydrogen-bond acceptors (Lipinski definition) is 9. The highest BCUT2D eigenvalue weighted by Crippen LogP contribution is 2.30. The number of carbonyl (C=O) groups is 2. The Labute approximate surface area is 258 Å². The van der Waals surface area contributed by atoms with Crippen molar-refractivity contribution < 1.29 is 9.59 Å². The van der Waals surface area contributed by atoms with Gasteiger partial charge in [-0.15, -0.1) is 0 Å². The molecule has 2 amide bonds. The lowest BCUT2D eigenvalue weighted by atomic mass is 9.87. The topological polar surface area (TPSA) is 116 Å². The number of piperazine rings is 1. The highest BCUT2D eigenvalue weighted by atomic mass is 16.2. The third-order valence-corrected chi connectivity index (χ3v) is 9.35. The molecule has 0 bridgehead atoms. The predicted octanol–water partition coefficient (Wildman–Crippen LogP) is 2.23. The number of benzene rings is 1. The molecule has 2 aromatic heterocycles. The van der Waals surface area contributed by atoms with Crippen molar-refractivity contribution in [2.45, 2.75) is 50.6 Å². The van der Waals surface area contributed by atoms with Crippen molar-refractivity contribution in [1.29, 1.82) is 0 Å². The maximum absolute atomic E-state index is 12.3. The molecule has 3 aliphatic heterocycles. The Bertz CT molecular complexity index is 1560. The van der Waals surface area contributed by atoms with E-state index in [1.54, 1.807) is 19.4 Å². The molecule has 44 heavy (non-hydrogen) atoms. The second-order valence-corrected chi connectivity index (χ2v) is 12.6. The Balaban J connectivity index is 1.02. The molecule has 0 aliphatic carbocycles. The van der Waals surface area contributed by atoms with Crippen molar-refractivity contribution in [3.05, 3.63) is 81.5 Å². The molecule has 3 atom stereocenters. The van der Waals surface area contributed by atoms with Crippen LogP contribution in [0.2, 0.25) is 0 Å². The van der Waals surface area contributed by atoms with E-state index in [1.807, 2.05) is 13.1 Å². The van der Waals surface area contributed by atoms with Crippen LogP contribution in [0.3, 0.4) is 0 Å². The van der Waals surface area contributed by atoms with Gasteiger partial charge in [-0.3, -0.25) is 29.6 Å². The highest BCUT2D eigenvalue weighted by Gasteiger charge is 2.29. The third-order valence-electron chi connectivity index (χ3n) is 9.35. The van der Waals surface area contributed by atoms with Crippen LogP contribution >= 0.6 is 0 Å². The van der Waals surface area contributed by atoms with Gasteiger partial charge >= 0.3 is 0 Å². The van der Waals surface area contributed by atoms with Crippen molar-refractivity contribution in [3.63, 3.8) is 0 Å². The molecule has 11 nitrogen and oxygen atoms in total. The Kier molecular flexibility index (Phi) is 8.76. The molecule has 2 N–H and O–H groups in total. The van der Waals surface area contributed by atoms with Crippen molar-refractivity contribution >= 4 is 23.2 Å². The monoisotopic (exact) mass is 598 g/mol. The molecule has 1 aromatic carbocycles. The molecule has 3 aromatic rings. The Hall–Kier alpha value is -4.09. The predicted molar refractivity (Wildman–Crippen MR) is 170 cm³/mol. The number of likely N-dealkylation sites (tertiary alicyclic amines) is 1. The summed E-state index contributed by atoms with van der Waals surface area (Å²) in [6.45, 7) is 8.37. The SMILES string of the molecule is Cc1c(NC2CC(c3ccc(CN4CCN(c5cncc(C6CCC(=O)NC6=O)c5)CC4)cc3)CN(C)C2)cnn(C)c1=O. The summed E-state index contributed by atoms with van der Waals surface area (Å²) < 4.78 is 1.37. The molecule has 11 heteroatoms. The van der Waals surface area contributed by atoms with E-state index in [2.05, 4.69) is 72.8 Å². The van der Waals surface area contributed by atoms with Crippen LogP contribution < -0.4 is 21.1 Å². The van der Waals surface area contributed by atoms with Gasteiger partial charge in [-0.25, -0.2) is 4.68 Å².